The van der Waals surface area contributed by atoms with Crippen LogP contribution in [0.5, 0.6) is 11.5 Å². The van der Waals surface area contributed by atoms with Crippen molar-refractivity contribution in [3.05, 3.63) is 64.7 Å². The van der Waals surface area contributed by atoms with E-state index in [1.165, 1.54) is 0 Å². The number of benzene rings is 2. The zero-order valence-electron chi connectivity index (χ0n) is 19.3. The summed E-state index contributed by atoms with van der Waals surface area (Å²) in [5.41, 5.74) is 2.34. The fraction of sp³-hybridized carbons (Fsp3) is 0.407. The Morgan fingerprint density at radius 3 is 2.68 bits per heavy atom. The van der Waals surface area contributed by atoms with Crippen molar-refractivity contribution in [1.29, 1.82) is 0 Å². The zero-order chi connectivity index (χ0) is 23.7. The number of aryl methyl sites for hydroxylation is 1. The molecule has 178 valence electrons. The molecule has 0 bridgehead atoms. The van der Waals surface area contributed by atoms with E-state index in [4.69, 9.17) is 14.2 Å². The molecule has 3 aliphatic heterocycles. The summed E-state index contributed by atoms with van der Waals surface area (Å²) in [4.78, 5) is 27.9. The van der Waals surface area contributed by atoms with E-state index >= 15 is 0 Å². The zero-order valence-corrected chi connectivity index (χ0v) is 19.3. The van der Waals surface area contributed by atoms with Crippen LogP contribution in [0.15, 0.2) is 48.0 Å². The van der Waals surface area contributed by atoms with E-state index in [2.05, 4.69) is 0 Å². The number of carbonyl (C=O) groups excluding carboxylic acids is 2. The molecule has 34 heavy (non-hydrogen) atoms. The molecule has 5 rings (SSSR count). The minimum atomic E-state index is -0.702. The fourth-order valence-corrected chi connectivity index (χ4v) is 5.00. The van der Waals surface area contributed by atoms with Gasteiger partial charge in [0.2, 0.25) is 0 Å². The number of likely N-dealkylation sites (tertiary alicyclic amines) is 1. The van der Waals surface area contributed by atoms with Gasteiger partial charge in [0.1, 0.15) is 17.3 Å². The quantitative estimate of drug-likeness (QED) is 0.396. The summed E-state index contributed by atoms with van der Waals surface area (Å²) in [6.45, 7) is 4.08. The lowest BCUT2D eigenvalue weighted by atomic mass is 9.94. The number of carbonyl (C=O) groups is 2. The lowest BCUT2D eigenvalue weighted by molar-refractivity contribution is -0.140. The first-order valence-electron chi connectivity index (χ1n) is 12.0. The van der Waals surface area contributed by atoms with E-state index in [-0.39, 0.29) is 17.4 Å². The van der Waals surface area contributed by atoms with Crippen molar-refractivity contribution in [3.63, 3.8) is 0 Å². The van der Waals surface area contributed by atoms with Crippen molar-refractivity contribution in [2.24, 2.45) is 0 Å². The highest BCUT2D eigenvalue weighted by Crippen LogP contribution is 2.41. The maximum absolute atomic E-state index is 13.2. The Morgan fingerprint density at radius 1 is 1.12 bits per heavy atom. The Balaban J connectivity index is 1.58. The van der Waals surface area contributed by atoms with Crippen molar-refractivity contribution in [2.45, 2.75) is 44.8 Å². The van der Waals surface area contributed by atoms with Crippen molar-refractivity contribution < 1.29 is 28.9 Å². The van der Waals surface area contributed by atoms with E-state index in [9.17, 15) is 14.7 Å². The van der Waals surface area contributed by atoms with Crippen molar-refractivity contribution in [1.82, 2.24) is 4.90 Å². The number of fused-ring (bicyclic) bond motifs is 1. The van der Waals surface area contributed by atoms with E-state index in [1.807, 2.05) is 43.3 Å². The number of hydrogen-bond donors (Lipinski definition) is 1. The summed E-state index contributed by atoms with van der Waals surface area (Å²) in [5.74, 6) is 0.0442. The topological polar surface area (TPSA) is 85.3 Å². The highest BCUT2D eigenvalue weighted by Gasteiger charge is 2.47. The molecular weight excluding hydrogens is 434 g/mol. The van der Waals surface area contributed by atoms with Crippen LogP contribution < -0.4 is 9.47 Å². The maximum Gasteiger partial charge on any atom is 0.295 e. The van der Waals surface area contributed by atoms with Gasteiger partial charge in [0.15, 0.2) is 0 Å². The monoisotopic (exact) mass is 463 g/mol. The fourth-order valence-electron chi connectivity index (χ4n) is 5.00. The first-order chi connectivity index (χ1) is 16.6. The SMILES string of the molecule is CCOc1ccc(C2/C(=C(/O)c3ccc4c(c3)CCCO4)C(=O)C(=O)N2CC2CCCO2)cc1. The second kappa shape index (κ2) is 9.50. The molecule has 2 atom stereocenters. The molecule has 3 aliphatic rings. The van der Waals surface area contributed by atoms with Crippen LogP contribution in [0.3, 0.4) is 0 Å². The number of amides is 1. The Morgan fingerprint density at radius 2 is 1.94 bits per heavy atom. The molecule has 7 heteroatoms. The molecule has 0 spiro atoms. The Kier molecular flexibility index (Phi) is 6.28. The first kappa shape index (κ1) is 22.5. The maximum atomic E-state index is 13.2. The standard InChI is InChI=1S/C27H29NO6/c1-2-32-20-10-7-17(8-11-20)24-23(26(30)27(31)28(24)16-21-6-4-13-33-21)25(29)19-9-12-22-18(15-19)5-3-14-34-22/h7-12,15,21,24,29H,2-6,13-14,16H2,1H3/b25-23-. The lowest BCUT2D eigenvalue weighted by Gasteiger charge is -2.27. The van der Waals surface area contributed by atoms with E-state index < -0.39 is 17.7 Å². The van der Waals surface area contributed by atoms with Crippen molar-refractivity contribution in [2.75, 3.05) is 26.4 Å². The second-order valence-electron chi connectivity index (χ2n) is 8.86. The molecule has 3 heterocycles. The number of ketones is 1. The van der Waals surface area contributed by atoms with Gasteiger partial charge in [-0.2, -0.15) is 0 Å². The van der Waals surface area contributed by atoms with Crippen LogP contribution in [0.25, 0.3) is 5.76 Å². The van der Waals surface area contributed by atoms with Crippen LogP contribution in [0, 0.1) is 0 Å². The third kappa shape index (κ3) is 4.16. The number of aliphatic hydroxyl groups is 1. The molecule has 0 aliphatic carbocycles. The van der Waals surface area contributed by atoms with Crippen molar-refractivity contribution in [3.8, 4) is 11.5 Å². The molecule has 1 amide bonds. The van der Waals surface area contributed by atoms with Gasteiger partial charge in [-0.05, 0) is 74.1 Å². The predicted molar refractivity (Wildman–Crippen MR) is 126 cm³/mol. The summed E-state index contributed by atoms with van der Waals surface area (Å²) in [6, 6.07) is 12.0. The van der Waals surface area contributed by atoms with E-state index in [0.717, 1.165) is 42.6 Å². The average Bonchev–Trinajstić information content (AvgIpc) is 3.46. The van der Waals surface area contributed by atoms with Gasteiger partial charge < -0.3 is 24.2 Å². The molecule has 0 saturated carbocycles. The lowest BCUT2D eigenvalue weighted by Crippen LogP contribution is -2.36. The molecule has 2 fully saturated rings. The van der Waals surface area contributed by atoms with Crippen LogP contribution in [0.2, 0.25) is 0 Å². The number of nitrogens with zero attached hydrogens (tertiary/aromatic N) is 1. The van der Waals surface area contributed by atoms with Crippen LogP contribution >= 0.6 is 0 Å². The number of hydrogen-bond acceptors (Lipinski definition) is 6. The highest BCUT2D eigenvalue weighted by atomic mass is 16.5. The van der Waals surface area contributed by atoms with Crippen LogP contribution in [0.4, 0.5) is 0 Å². The minimum Gasteiger partial charge on any atom is -0.507 e. The van der Waals surface area contributed by atoms with E-state index in [1.54, 1.807) is 11.0 Å². The minimum absolute atomic E-state index is 0.101. The van der Waals surface area contributed by atoms with Gasteiger partial charge in [0.05, 0.1) is 30.9 Å². The molecule has 2 unspecified atom stereocenters. The summed E-state index contributed by atoms with van der Waals surface area (Å²) < 4.78 is 17.0. The molecule has 2 saturated heterocycles. The molecule has 1 N–H and O–H groups in total. The summed E-state index contributed by atoms with van der Waals surface area (Å²) in [6.07, 6.45) is 3.38. The van der Waals surface area contributed by atoms with Gasteiger partial charge >= 0.3 is 0 Å². The largest absolute Gasteiger partial charge is 0.507 e. The smallest absolute Gasteiger partial charge is 0.295 e. The Labute approximate surface area is 198 Å². The number of aliphatic hydroxyl groups excluding tert-OH is 1. The Hall–Kier alpha value is -3.32. The second-order valence-corrected chi connectivity index (χ2v) is 8.86. The van der Waals surface area contributed by atoms with Gasteiger partial charge in [-0.25, -0.2) is 0 Å². The number of Topliss-reactive ketones (excluding diaryl/α,β-unsaturated/α-hetero) is 1. The third-order valence-corrected chi connectivity index (χ3v) is 6.65. The van der Waals surface area contributed by atoms with Crippen LogP contribution in [-0.4, -0.2) is 54.2 Å². The Bertz CT molecular complexity index is 1120. The average molecular weight is 464 g/mol. The van der Waals surface area contributed by atoms with E-state index in [0.29, 0.717) is 37.7 Å². The summed E-state index contributed by atoms with van der Waals surface area (Å²) in [7, 11) is 0. The van der Waals surface area contributed by atoms with Crippen molar-refractivity contribution >= 4 is 17.4 Å². The van der Waals surface area contributed by atoms with Gasteiger partial charge in [-0.1, -0.05) is 12.1 Å². The third-order valence-electron chi connectivity index (χ3n) is 6.65. The molecule has 0 aromatic heterocycles. The molecule has 7 nitrogen and oxygen atoms in total. The number of ether oxygens (including phenoxy) is 3. The summed E-state index contributed by atoms with van der Waals surface area (Å²) in [5, 5.41) is 11.3. The van der Waals surface area contributed by atoms with Gasteiger partial charge in [0, 0.05) is 18.7 Å². The number of rotatable bonds is 6. The molecule has 2 aromatic carbocycles. The van der Waals surface area contributed by atoms with Gasteiger partial charge in [0.25, 0.3) is 11.7 Å². The van der Waals surface area contributed by atoms with Gasteiger partial charge in [-0.15, -0.1) is 0 Å². The first-order valence-corrected chi connectivity index (χ1v) is 12.0. The molecule has 2 aromatic rings. The van der Waals surface area contributed by atoms with Gasteiger partial charge in [-0.3, -0.25) is 9.59 Å². The normalized spacial score (nSPS) is 23.6. The molecular formula is C27H29NO6. The van der Waals surface area contributed by atoms with Crippen LogP contribution in [-0.2, 0) is 20.7 Å². The van der Waals surface area contributed by atoms with Crippen LogP contribution in [0.1, 0.15) is 48.9 Å². The predicted octanol–water partition coefficient (Wildman–Crippen LogP) is 4.01. The summed E-state index contributed by atoms with van der Waals surface area (Å²) >= 11 is 0. The highest BCUT2D eigenvalue weighted by molar-refractivity contribution is 6.46. The molecule has 0 radical (unpaired) electrons.